The molecule has 21 heavy (non-hydrogen) atoms. The summed E-state index contributed by atoms with van der Waals surface area (Å²) in [5, 5.41) is 0. The van der Waals surface area contributed by atoms with E-state index in [1.807, 2.05) is 31.2 Å². The molecule has 0 radical (unpaired) electrons. The summed E-state index contributed by atoms with van der Waals surface area (Å²) in [4.78, 5) is 4.38. The second kappa shape index (κ2) is 6.48. The molecule has 1 aromatic heterocycles. The molecule has 0 aliphatic rings. The third-order valence-corrected chi connectivity index (χ3v) is 4.19. The summed E-state index contributed by atoms with van der Waals surface area (Å²) >= 11 is 5.88. The minimum absolute atomic E-state index is 0.186. The van der Waals surface area contributed by atoms with Gasteiger partial charge in [0.05, 0.1) is 0 Å². The lowest BCUT2D eigenvalue weighted by atomic mass is 9.82. The fraction of sp³-hybridized carbons (Fsp3) is 0.389. The molecule has 2 aromatic rings. The Balaban J connectivity index is 2.19. The molecule has 2 nitrogen and oxygen atoms in total. The molecule has 0 aliphatic carbocycles. The number of halogens is 1. The van der Waals surface area contributed by atoms with E-state index in [-0.39, 0.29) is 5.41 Å². The van der Waals surface area contributed by atoms with Gasteiger partial charge in [-0.1, -0.05) is 32.9 Å². The Morgan fingerprint density at radius 3 is 2.38 bits per heavy atom. The molecule has 0 spiro atoms. The van der Waals surface area contributed by atoms with Crippen molar-refractivity contribution in [3.63, 3.8) is 0 Å². The molecule has 0 unspecified atom stereocenters. The van der Waals surface area contributed by atoms with Crippen molar-refractivity contribution in [2.45, 2.75) is 45.4 Å². The molecule has 3 heteroatoms. The minimum atomic E-state index is 0.186. The standard InChI is InChI=1S/C18H22ClNO/c1-5-18(3,4)15-6-8-16(9-7-15)21-17-11-14(12-19)10-13(2)20-17/h6-11H,5,12H2,1-4H3. The van der Waals surface area contributed by atoms with E-state index in [4.69, 9.17) is 16.3 Å². The Kier molecular flexibility index (Phi) is 4.89. The monoisotopic (exact) mass is 303 g/mol. The van der Waals surface area contributed by atoms with Crippen molar-refractivity contribution in [2.24, 2.45) is 0 Å². The first-order valence-electron chi connectivity index (χ1n) is 7.26. The zero-order valence-corrected chi connectivity index (χ0v) is 13.9. The van der Waals surface area contributed by atoms with E-state index in [0.717, 1.165) is 23.4 Å². The van der Waals surface area contributed by atoms with Gasteiger partial charge < -0.3 is 4.74 Å². The number of aromatic nitrogens is 1. The van der Waals surface area contributed by atoms with Crippen LogP contribution in [0.3, 0.4) is 0 Å². The van der Waals surface area contributed by atoms with Crippen LogP contribution in [0.5, 0.6) is 11.6 Å². The lowest BCUT2D eigenvalue weighted by Gasteiger charge is -2.23. The number of benzene rings is 1. The van der Waals surface area contributed by atoms with Crippen molar-refractivity contribution in [2.75, 3.05) is 0 Å². The summed E-state index contributed by atoms with van der Waals surface area (Å²) in [6.07, 6.45) is 1.10. The lowest BCUT2D eigenvalue weighted by Crippen LogP contribution is -2.14. The maximum absolute atomic E-state index is 5.88. The number of ether oxygens (including phenoxy) is 1. The zero-order valence-electron chi connectivity index (χ0n) is 13.1. The van der Waals surface area contributed by atoms with E-state index < -0.39 is 0 Å². The zero-order chi connectivity index (χ0) is 15.5. The summed E-state index contributed by atoms with van der Waals surface area (Å²) in [6.45, 7) is 8.64. The molecule has 0 amide bonds. The third kappa shape index (κ3) is 3.98. The van der Waals surface area contributed by atoms with Crippen molar-refractivity contribution >= 4 is 11.6 Å². The van der Waals surface area contributed by atoms with Crippen molar-refractivity contribution in [1.29, 1.82) is 0 Å². The number of hydrogen-bond acceptors (Lipinski definition) is 2. The Morgan fingerprint density at radius 1 is 1.14 bits per heavy atom. The highest BCUT2D eigenvalue weighted by atomic mass is 35.5. The van der Waals surface area contributed by atoms with Crippen LogP contribution in [-0.4, -0.2) is 4.98 Å². The highest BCUT2D eigenvalue weighted by molar-refractivity contribution is 6.17. The first kappa shape index (κ1) is 15.8. The first-order valence-corrected chi connectivity index (χ1v) is 7.80. The number of alkyl halides is 1. The predicted octanol–water partition coefficient (Wildman–Crippen LogP) is 5.61. The van der Waals surface area contributed by atoms with E-state index in [9.17, 15) is 0 Å². The maximum Gasteiger partial charge on any atom is 0.219 e. The van der Waals surface area contributed by atoms with Crippen LogP contribution < -0.4 is 4.74 Å². The molecule has 1 heterocycles. The fourth-order valence-corrected chi connectivity index (χ4v) is 2.29. The van der Waals surface area contributed by atoms with Gasteiger partial charge in [-0.15, -0.1) is 11.6 Å². The molecular weight excluding hydrogens is 282 g/mol. The average molecular weight is 304 g/mol. The minimum Gasteiger partial charge on any atom is -0.439 e. The van der Waals surface area contributed by atoms with Crippen LogP contribution in [-0.2, 0) is 11.3 Å². The molecule has 112 valence electrons. The SMILES string of the molecule is CCC(C)(C)c1ccc(Oc2cc(CCl)cc(C)n2)cc1. The van der Waals surface area contributed by atoms with Gasteiger partial charge >= 0.3 is 0 Å². The highest BCUT2D eigenvalue weighted by Crippen LogP contribution is 2.29. The van der Waals surface area contributed by atoms with Crippen LogP contribution in [0.4, 0.5) is 0 Å². The Hall–Kier alpha value is -1.54. The van der Waals surface area contributed by atoms with Crippen molar-refractivity contribution in [3.8, 4) is 11.6 Å². The van der Waals surface area contributed by atoms with Crippen LogP contribution in [0.2, 0.25) is 0 Å². The van der Waals surface area contributed by atoms with E-state index in [1.54, 1.807) is 0 Å². The molecular formula is C18H22ClNO. The first-order chi connectivity index (χ1) is 9.94. The van der Waals surface area contributed by atoms with Crippen molar-refractivity contribution in [3.05, 3.63) is 53.2 Å². The van der Waals surface area contributed by atoms with E-state index in [1.165, 1.54) is 5.56 Å². The second-order valence-electron chi connectivity index (χ2n) is 5.95. The molecule has 0 bridgehead atoms. The number of pyridine rings is 1. The van der Waals surface area contributed by atoms with Gasteiger partial charge in [-0.3, -0.25) is 0 Å². The third-order valence-electron chi connectivity index (χ3n) is 3.89. The normalized spacial score (nSPS) is 11.5. The van der Waals surface area contributed by atoms with Gasteiger partial charge in [0.25, 0.3) is 0 Å². The molecule has 0 saturated heterocycles. The Labute approximate surface area is 132 Å². The van der Waals surface area contributed by atoms with E-state index >= 15 is 0 Å². The van der Waals surface area contributed by atoms with Crippen molar-refractivity contribution in [1.82, 2.24) is 4.98 Å². The van der Waals surface area contributed by atoms with Crippen LogP contribution in [0.15, 0.2) is 36.4 Å². The summed E-state index contributed by atoms with van der Waals surface area (Å²) in [7, 11) is 0. The summed E-state index contributed by atoms with van der Waals surface area (Å²) in [5.41, 5.74) is 3.43. The van der Waals surface area contributed by atoms with Gasteiger partial charge in [-0.05, 0) is 48.1 Å². The Morgan fingerprint density at radius 2 is 1.81 bits per heavy atom. The van der Waals surface area contributed by atoms with Gasteiger partial charge in [0.1, 0.15) is 5.75 Å². The van der Waals surface area contributed by atoms with Gasteiger partial charge in [-0.2, -0.15) is 0 Å². The lowest BCUT2D eigenvalue weighted by molar-refractivity contribution is 0.458. The van der Waals surface area contributed by atoms with Gasteiger partial charge in [-0.25, -0.2) is 4.98 Å². The van der Waals surface area contributed by atoms with Crippen LogP contribution in [0.25, 0.3) is 0 Å². The highest BCUT2D eigenvalue weighted by Gasteiger charge is 2.17. The van der Waals surface area contributed by atoms with E-state index in [0.29, 0.717) is 11.8 Å². The summed E-state index contributed by atoms with van der Waals surface area (Å²) < 4.78 is 5.83. The van der Waals surface area contributed by atoms with Crippen LogP contribution >= 0.6 is 11.6 Å². The molecule has 1 aromatic carbocycles. The number of nitrogens with zero attached hydrogens (tertiary/aromatic N) is 1. The van der Waals surface area contributed by atoms with Gasteiger partial charge in [0.15, 0.2) is 0 Å². The average Bonchev–Trinajstić information content (AvgIpc) is 2.47. The van der Waals surface area contributed by atoms with E-state index in [2.05, 4.69) is 37.9 Å². The number of aryl methyl sites for hydroxylation is 1. The van der Waals surface area contributed by atoms with Gasteiger partial charge in [0.2, 0.25) is 5.88 Å². The van der Waals surface area contributed by atoms with Crippen LogP contribution in [0.1, 0.15) is 44.0 Å². The second-order valence-corrected chi connectivity index (χ2v) is 6.22. The number of hydrogen-bond donors (Lipinski definition) is 0. The largest absolute Gasteiger partial charge is 0.439 e. The van der Waals surface area contributed by atoms with Gasteiger partial charge in [0, 0.05) is 17.6 Å². The topological polar surface area (TPSA) is 22.1 Å². The number of rotatable bonds is 5. The summed E-state index contributed by atoms with van der Waals surface area (Å²) in [5.74, 6) is 1.85. The predicted molar refractivity (Wildman–Crippen MR) is 88.4 cm³/mol. The quantitative estimate of drug-likeness (QED) is 0.670. The molecule has 0 atom stereocenters. The maximum atomic E-state index is 5.88. The Bertz CT molecular complexity index is 605. The summed E-state index contributed by atoms with van der Waals surface area (Å²) in [6, 6.07) is 12.1. The molecule has 0 fully saturated rings. The molecule has 2 rings (SSSR count). The molecule has 0 aliphatic heterocycles. The fourth-order valence-electron chi connectivity index (χ4n) is 2.14. The molecule has 0 N–H and O–H groups in total. The molecule has 0 saturated carbocycles. The van der Waals surface area contributed by atoms with Crippen molar-refractivity contribution < 1.29 is 4.74 Å². The smallest absolute Gasteiger partial charge is 0.219 e. The van der Waals surface area contributed by atoms with Crippen LogP contribution in [0, 0.1) is 6.92 Å².